The quantitative estimate of drug-likeness (QED) is 0.112. The van der Waals surface area contributed by atoms with E-state index < -0.39 is 59.9 Å². The lowest BCUT2D eigenvalue weighted by Crippen LogP contribution is -2.60. The Hall–Kier alpha value is -4.50. The van der Waals surface area contributed by atoms with Crippen molar-refractivity contribution in [1.29, 1.82) is 0 Å². The van der Waals surface area contributed by atoms with Gasteiger partial charge in [0.1, 0.15) is 23.9 Å². The van der Waals surface area contributed by atoms with Crippen LogP contribution >= 0.6 is 0 Å². The summed E-state index contributed by atoms with van der Waals surface area (Å²) in [6, 6.07) is 0.282. The highest BCUT2D eigenvalue weighted by Crippen LogP contribution is 2.12. The van der Waals surface area contributed by atoms with Crippen LogP contribution in [0.3, 0.4) is 0 Å². The van der Waals surface area contributed by atoms with Crippen LogP contribution in [0.1, 0.15) is 31.0 Å². The number of amides is 4. The van der Waals surface area contributed by atoms with Crippen molar-refractivity contribution in [3.8, 4) is 5.75 Å². The number of carboxylic acid groups (broad SMARTS) is 1. The summed E-state index contributed by atoms with van der Waals surface area (Å²) in [4.78, 5) is 68.1. The van der Waals surface area contributed by atoms with Gasteiger partial charge in [0, 0.05) is 31.2 Å². The summed E-state index contributed by atoms with van der Waals surface area (Å²) in [6.45, 7) is 1.22. The molecule has 15 nitrogen and oxygen atoms in total. The first-order chi connectivity index (χ1) is 18.4. The van der Waals surface area contributed by atoms with Crippen LogP contribution in [0, 0.1) is 0 Å². The Morgan fingerprint density at radius 2 is 1.62 bits per heavy atom. The first-order valence-electron chi connectivity index (χ1n) is 12.0. The summed E-state index contributed by atoms with van der Waals surface area (Å²) in [5, 5.41) is 36.3. The number of carboxylic acids is 1. The van der Waals surface area contributed by atoms with Crippen molar-refractivity contribution in [2.45, 2.75) is 62.9 Å². The van der Waals surface area contributed by atoms with Gasteiger partial charge in [0.15, 0.2) is 0 Å². The predicted molar refractivity (Wildman–Crippen MR) is 136 cm³/mol. The molecule has 1 aromatic carbocycles. The van der Waals surface area contributed by atoms with Crippen molar-refractivity contribution in [3.63, 3.8) is 0 Å². The van der Waals surface area contributed by atoms with Gasteiger partial charge in [0.2, 0.25) is 23.6 Å². The highest BCUT2D eigenvalue weighted by Gasteiger charge is 2.33. The number of aliphatic hydroxyl groups is 1. The zero-order chi connectivity index (χ0) is 29.1. The van der Waals surface area contributed by atoms with Gasteiger partial charge in [-0.2, -0.15) is 0 Å². The Morgan fingerprint density at radius 3 is 2.15 bits per heavy atom. The molecule has 0 aliphatic heterocycles. The number of phenols is 1. The Balaban J connectivity index is 2.15. The van der Waals surface area contributed by atoms with Crippen LogP contribution < -0.4 is 27.4 Å². The second kappa shape index (κ2) is 14.4. The normalized spacial score (nSPS) is 14.7. The van der Waals surface area contributed by atoms with Gasteiger partial charge in [-0.05, 0) is 31.0 Å². The smallest absolute Gasteiger partial charge is 0.326 e. The van der Waals surface area contributed by atoms with Crippen molar-refractivity contribution in [2.75, 3.05) is 0 Å². The molecule has 0 aliphatic rings. The van der Waals surface area contributed by atoms with E-state index in [4.69, 9.17) is 11.5 Å². The lowest BCUT2D eigenvalue weighted by molar-refractivity contribution is -0.143. The molecular weight excluding hydrogens is 514 g/mol. The van der Waals surface area contributed by atoms with Crippen LogP contribution in [0.2, 0.25) is 0 Å². The van der Waals surface area contributed by atoms with Crippen molar-refractivity contribution in [3.05, 3.63) is 48.0 Å². The fourth-order valence-electron chi connectivity index (χ4n) is 3.52. The standard InChI is InChI=1S/C24H33N7O8/c1-12(32)20(23(37)30-18(24(38)39)8-13-2-4-15(33)5-3-13)31-22(36)17(9-14-10-27-11-28-14)29-21(35)16(25)6-7-19(26)34/h2-5,10-12,16-18,20,32-33H,6-9,25H2,1H3,(H2,26,34)(H,27,28)(H,29,35)(H,30,37)(H,31,36)(H,38,39). The van der Waals surface area contributed by atoms with E-state index in [1.165, 1.54) is 43.7 Å². The van der Waals surface area contributed by atoms with E-state index in [0.29, 0.717) is 11.3 Å². The number of carbonyl (C=O) groups excluding carboxylic acids is 4. The fourth-order valence-corrected chi connectivity index (χ4v) is 3.52. The number of hydrogen-bond acceptors (Lipinski definition) is 9. The number of aromatic hydroxyl groups is 1. The fraction of sp³-hybridized carbons (Fsp3) is 0.417. The van der Waals surface area contributed by atoms with Crippen LogP contribution in [0.15, 0.2) is 36.8 Å². The number of aliphatic carboxylic acids is 1. The Kier molecular flexibility index (Phi) is 11.4. The summed E-state index contributed by atoms with van der Waals surface area (Å²) in [5.74, 6) is -4.63. The van der Waals surface area contributed by atoms with Gasteiger partial charge < -0.3 is 47.7 Å². The first kappa shape index (κ1) is 30.7. The predicted octanol–water partition coefficient (Wildman–Crippen LogP) is -2.59. The number of nitrogens with two attached hydrogens (primary N) is 2. The molecule has 0 saturated carbocycles. The molecule has 1 aromatic heterocycles. The Bertz CT molecular complexity index is 1140. The molecule has 5 unspecified atom stereocenters. The van der Waals surface area contributed by atoms with Crippen LogP contribution in [0.4, 0.5) is 0 Å². The number of hydrogen-bond donors (Lipinski definition) is 9. The average Bonchev–Trinajstić information content (AvgIpc) is 3.38. The van der Waals surface area contributed by atoms with Crippen molar-refractivity contribution in [2.24, 2.45) is 11.5 Å². The molecule has 0 saturated heterocycles. The van der Waals surface area contributed by atoms with E-state index in [1.54, 1.807) is 0 Å². The SMILES string of the molecule is CC(O)C(NC(=O)C(Cc1cnc[nH]1)NC(=O)C(N)CCC(N)=O)C(=O)NC(Cc1ccc(O)cc1)C(=O)O. The highest BCUT2D eigenvalue weighted by molar-refractivity contribution is 5.94. The maximum Gasteiger partial charge on any atom is 0.326 e. The molecule has 212 valence electrons. The van der Waals surface area contributed by atoms with E-state index in [0.717, 1.165) is 0 Å². The second-order valence-electron chi connectivity index (χ2n) is 8.95. The number of carbonyl (C=O) groups is 5. The van der Waals surface area contributed by atoms with Crippen LogP contribution in [-0.2, 0) is 36.8 Å². The molecule has 2 aromatic rings. The summed E-state index contributed by atoms with van der Waals surface area (Å²) in [5.41, 5.74) is 11.8. The molecule has 11 N–H and O–H groups in total. The number of primary amides is 1. The molecule has 0 spiro atoms. The highest BCUT2D eigenvalue weighted by atomic mass is 16.4. The zero-order valence-corrected chi connectivity index (χ0v) is 21.2. The molecule has 0 aliphatic carbocycles. The van der Waals surface area contributed by atoms with E-state index in [1.807, 2.05) is 0 Å². The number of aromatic amines is 1. The van der Waals surface area contributed by atoms with Gasteiger partial charge in [-0.25, -0.2) is 9.78 Å². The largest absolute Gasteiger partial charge is 0.508 e. The minimum atomic E-state index is -1.58. The van der Waals surface area contributed by atoms with E-state index in [9.17, 15) is 39.3 Å². The van der Waals surface area contributed by atoms with Gasteiger partial charge in [0.05, 0.1) is 18.5 Å². The molecule has 15 heteroatoms. The number of aromatic nitrogens is 2. The van der Waals surface area contributed by atoms with Crippen molar-refractivity contribution >= 4 is 29.6 Å². The maximum absolute atomic E-state index is 13.1. The Labute approximate surface area is 223 Å². The van der Waals surface area contributed by atoms with Gasteiger partial charge >= 0.3 is 5.97 Å². The minimum Gasteiger partial charge on any atom is -0.508 e. The molecule has 39 heavy (non-hydrogen) atoms. The second-order valence-corrected chi connectivity index (χ2v) is 8.95. The first-order valence-corrected chi connectivity index (χ1v) is 12.0. The minimum absolute atomic E-state index is 0.0165. The monoisotopic (exact) mass is 547 g/mol. The molecule has 0 fully saturated rings. The number of nitrogens with zero attached hydrogens (tertiary/aromatic N) is 1. The maximum atomic E-state index is 13.1. The summed E-state index contributed by atoms with van der Waals surface area (Å²) in [7, 11) is 0. The van der Waals surface area contributed by atoms with Crippen molar-refractivity contribution < 1.29 is 39.3 Å². The summed E-state index contributed by atoms with van der Waals surface area (Å²) in [6.07, 6.45) is 0.895. The molecule has 4 amide bonds. The van der Waals surface area contributed by atoms with Gasteiger partial charge in [-0.1, -0.05) is 12.1 Å². The lowest BCUT2D eigenvalue weighted by atomic mass is 10.0. The number of imidazole rings is 1. The summed E-state index contributed by atoms with van der Waals surface area (Å²) < 4.78 is 0. The van der Waals surface area contributed by atoms with E-state index in [2.05, 4.69) is 25.9 Å². The topological polar surface area (TPSA) is 263 Å². The number of benzene rings is 1. The van der Waals surface area contributed by atoms with E-state index >= 15 is 0 Å². The number of phenolic OH excluding ortho intramolecular Hbond substituents is 1. The van der Waals surface area contributed by atoms with E-state index in [-0.39, 0.29) is 31.4 Å². The lowest BCUT2D eigenvalue weighted by Gasteiger charge is -2.26. The van der Waals surface area contributed by atoms with Crippen molar-refractivity contribution in [1.82, 2.24) is 25.9 Å². The van der Waals surface area contributed by atoms with Gasteiger partial charge in [-0.3, -0.25) is 19.2 Å². The third-order valence-corrected chi connectivity index (χ3v) is 5.70. The Morgan fingerprint density at radius 1 is 0.974 bits per heavy atom. The molecule has 5 atom stereocenters. The average molecular weight is 548 g/mol. The van der Waals surface area contributed by atoms with Crippen LogP contribution in [0.5, 0.6) is 5.75 Å². The number of rotatable bonds is 15. The zero-order valence-electron chi connectivity index (χ0n) is 21.2. The summed E-state index contributed by atoms with van der Waals surface area (Å²) >= 11 is 0. The number of H-pyrrole nitrogens is 1. The molecular formula is C24H33N7O8. The molecule has 0 bridgehead atoms. The third kappa shape index (κ3) is 10.1. The molecule has 0 radical (unpaired) electrons. The molecule has 2 rings (SSSR count). The number of aliphatic hydroxyl groups excluding tert-OH is 1. The van der Waals surface area contributed by atoms with Crippen LogP contribution in [0.25, 0.3) is 0 Å². The van der Waals surface area contributed by atoms with Gasteiger partial charge in [-0.15, -0.1) is 0 Å². The van der Waals surface area contributed by atoms with Gasteiger partial charge in [0.25, 0.3) is 0 Å². The van der Waals surface area contributed by atoms with Crippen LogP contribution in [-0.4, -0.2) is 85.2 Å². The molecule has 1 heterocycles. The third-order valence-electron chi connectivity index (χ3n) is 5.70. The number of nitrogens with one attached hydrogen (secondary N) is 4.